The number of nitrogens with zero attached hydrogens (tertiary/aromatic N) is 3. The maximum absolute atomic E-state index is 4.30. The molecule has 2 N–H and O–H groups in total. The molecule has 5 nitrogen and oxygen atoms in total. The second-order valence-electron chi connectivity index (χ2n) is 5.86. The van der Waals surface area contributed by atoms with Crippen molar-refractivity contribution in [2.75, 3.05) is 7.05 Å². The minimum atomic E-state index is 0. The average Bonchev–Trinajstić information content (AvgIpc) is 3.27. The summed E-state index contributed by atoms with van der Waals surface area (Å²) in [5.41, 5.74) is 3.81. The Hall–Kier alpha value is -1.87. The molecule has 0 radical (unpaired) electrons. The number of aliphatic imine (C=N–C) groups is 1. The van der Waals surface area contributed by atoms with Crippen molar-refractivity contribution >= 4 is 41.3 Å². The van der Waals surface area contributed by atoms with Gasteiger partial charge in [0.05, 0.1) is 12.9 Å². The standard InChI is InChI=1S/C19H23N5S.HI/c1-15-6-9-25-18(15)12-23-19(20-2)22-11-16-4-3-5-17(10-16)13-24-8-7-21-14-24;/h3-10,14H,11-13H2,1-2H3,(H2,20,22,23);1H. The first-order valence-electron chi connectivity index (χ1n) is 8.25. The molecular weight excluding hydrogens is 457 g/mol. The third-order valence-corrected chi connectivity index (χ3v) is 5.01. The maximum atomic E-state index is 4.30. The third kappa shape index (κ3) is 5.84. The molecule has 0 saturated heterocycles. The van der Waals surface area contributed by atoms with E-state index < -0.39 is 0 Å². The van der Waals surface area contributed by atoms with E-state index in [0.717, 1.165) is 25.6 Å². The van der Waals surface area contributed by atoms with Crippen LogP contribution >= 0.6 is 35.3 Å². The topological polar surface area (TPSA) is 54.2 Å². The Morgan fingerprint density at radius 1 is 1.19 bits per heavy atom. The average molecular weight is 481 g/mol. The largest absolute Gasteiger partial charge is 0.352 e. The molecule has 138 valence electrons. The predicted octanol–water partition coefficient (Wildman–Crippen LogP) is 3.78. The van der Waals surface area contributed by atoms with Gasteiger partial charge in [-0.25, -0.2) is 4.98 Å². The smallest absolute Gasteiger partial charge is 0.191 e. The zero-order chi connectivity index (χ0) is 17.5. The van der Waals surface area contributed by atoms with Crippen molar-refractivity contribution in [3.63, 3.8) is 0 Å². The van der Waals surface area contributed by atoms with Gasteiger partial charge in [-0.1, -0.05) is 24.3 Å². The number of rotatable bonds is 6. The predicted molar refractivity (Wildman–Crippen MR) is 119 cm³/mol. The Bertz CT molecular complexity index is 826. The lowest BCUT2D eigenvalue weighted by atomic mass is 10.1. The highest BCUT2D eigenvalue weighted by Crippen LogP contribution is 2.14. The van der Waals surface area contributed by atoms with Gasteiger partial charge >= 0.3 is 0 Å². The van der Waals surface area contributed by atoms with Crippen molar-refractivity contribution in [3.05, 3.63) is 76.0 Å². The van der Waals surface area contributed by atoms with Crippen LogP contribution in [0.1, 0.15) is 21.6 Å². The van der Waals surface area contributed by atoms with Gasteiger partial charge in [-0.2, -0.15) is 0 Å². The van der Waals surface area contributed by atoms with Gasteiger partial charge < -0.3 is 15.2 Å². The number of hydrogen-bond donors (Lipinski definition) is 2. The van der Waals surface area contributed by atoms with Crippen LogP contribution in [0.3, 0.4) is 0 Å². The van der Waals surface area contributed by atoms with Crippen LogP contribution in [-0.4, -0.2) is 22.6 Å². The first kappa shape index (κ1) is 20.4. The van der Waals surface area contributed by atoms with E-state index in [1.54, 1.807) is 24.6 Å². The molecule has 1 aromatic carbocycles. The van der Waals surface area contributed by atoms with E-state index in [0.29, 0.717) is 0 Å². The third-order valence-electron chi connectivity index (χ3n) is 3.98. The zero-order valence-corrected chi connectivity index (χ0v) is 18.1. The molecule has 0 bridgehead atoms. The summed E-state index contributed by atoms with van der Waals surface area (Å²) in [6, 6.07) is 10.7. The van der Waals surface area contributed by atoms with E-state index >= 15 is 0 Å². The minimum absolute atomic E-state index is 0. The maximum Gasteiger partial charge on any atom is 0.191 e. The van der Waals surface area contributed by atoms with Crippen LogP contribution in [0, 0.1) is 6.92 Å². The summed E-state index contributed by atoms with van der Waals surface area (Å²) >= 11 is 1.77. The van der Waals surface area contributed by atoms with Crippen LogP contribution in [0.2, 0.25) is 0 Å². The summed E-state index contributed by atoms with van der Waals surface area (Å²) in [6.45, 7) is 4.50. The molecule has 7 heteroatoms. The summed E-state index contributed by atoms with van der Waals surface area (Å²) in [5.74, 6) is 0.813. The summed E-state index contributed by atoms with van der Waals surface area (Å²) in [7, 11) is 1.80. The lowest BCUT2D eigenvalue weighted by molar-refractivity contribution is 0.788. The van der Waals surface area contributed by atoms with E-state index in [4.69, 9.17) is 0 Å². The summed E-state index contributed by atoms with van der Waals surface area (Å²) in [4.78, 5) is 9.73. The molecule has 3 aromatic rings. The van der Waals surface area contributed by atoms with Crippen LogP contribution < -0.4 is 10.6 Å². The van der Waals surface area contributed by atoms with Crippen LogP contribution in [0.5, 0.6) is 0 Å². The molecule has 0 amide bonds. The van der Waals surface area contributed by atoms with Gasteiger partial charge in [-0.3, -0.25) is 4.99 Å². The van der Waals surface area contributed by atoms with Crippen molar-refractivity contribution < 1.29 is 0 Å². The minimum Gasteiger partial charge on any atom is -0.352 e. The van der Waals surface area contributed by atoms with Crippen molar-refractivity contribution in [1.29, 1.82) is 0 Å². The second-order valence-corrected chi connectivity index (χ2v) is 6.86. The van der Waals surface area contributed by atoms with Gasteiger partial charge in [0.1, 0.15) is 0 Å². The van der Waals surface area contributed by atoms with E-state index in [1.165, 1.54) is 21.6 Å². The zero-order valence-electron chi connectivity index (χ0n) is 15.0. The molecule has 0 unspecified atom stereocenters. The second kappa shape index (κ2) is 10.3. The van der Waals surface area contributed by atoms with Crippen molar-refractivity contribution in [3.8, 4) is 0 Å². The Kier molecular flexibility index (Phi) is 8.11. The molecule has 0 aliphatic carbocycles. The van der Waals surface area contributed by atoms with Gasteiger partial charge in [0.15, 0.2) is 5.96 Å². The number of hydrogen-bond acceptors (Lipinski definition) is 3. The lowest BCUT2D eigenvalue weighted by Crippen LogP contribution is -2.36. The van der Waals surface area contributed by atoms with Gasteiger partial charge in [0.2, 0.25) is 0 Å². The number of halogens is 1. The number of imidazole rings is 1. The molecule has 0 aliphatic rings. The molecule has 0 saturated carbocycles. The number of aryl methyl sites for hydroxylation is 1. The Labute approximate surface area is 175 Å². The molecule has 0 spiro atoms. The van der Waals surface area contributed by atoms with E-state index in [2.05, 4.69) is 67.8 Å². The van der Waals surface area contributed by atoms with E-state index in [9.17, 15) is 0 Å². The molecule has 3 rings (SSSR count). The van der Waals surface area contributed by atoms with Crippen molar-refractivity contribution in [2.24, 2.45) is 4.99 Å². The first-order valence-corrected chi connectivity index (χ1v) is 9.13. The Morgan fingerprint density at radius 3 is 2.69 bits per heavy atom. The molecule has 0 fully saturated rings. The van der Waals surface area contributed by atoms with Gasteiger partial charge in [0, 0.05) is 37.4 Å². The van der Waals surface area contributed by atoms with Crippen LogP contribution in [0.25, 0.3) is 0 Å². The summed E-state index contributed by atoms with van der Waals surface area (Å²) < 4.78 is 2.07. The number of aromatic nitrogens is 2. The van der Waals surface area contributed by atoms with Crippen LogP contribution in [0.15, 0.2) is 59.4 Å². The first-order chi connectivity index (χ1) is 12.2. The van der Waals surface area contributed by atoms with Crippen LogP contribution in [0.4, 0.5) is 0 Å². The summed E-state index contributed by atoms with van der Waals surface area (Å²) in [5, 5.41) is 8.87. The SMILES string of the molecule is CN=C(NCc1cccc(Cn2ccnc2)c1)NCc1sccc1C.I. The monoisotopic (exact) mass is 481 g/mol. The van der Waals surface area contributed by atoms with Crippen molar-refractivity contribution in [2.45, 2.75) is 26.6 Å². The normalized spacial score (nSPS) is 11.1. The van der Waals surface area contributed by atoms with Crippen molar-refractivity contribution in [1.82, 2.24) is 20.2 Å². The van der Waals surface area contributed by atoms with E-state index in [-0.39, 0.29) is 24.0 Å². The molecular formula is C19H24IN5S. The molecule has 2 aromatic heterocycles. The fourth-order valence-corrected chi connectivity index (χ4v) is 3.43. The lowest BCUT2D eigenvalue weighted by Gasteiger charge is -2.12. The van der Waals surface area contributed by atoms with Gasteiger partial charge in [0.25, 0.3) is 0 Å². The molecule has 26 heavy (non-hydrogen) atoms. The Morgan fingerprint density at radius 2 is 2.00 bits per heavy atom. The molecule has 0 atom stereocenters. The fraction of sp³-hybridized carbons (Fsp3) is 0.263. The molecule has 0 aliphatic heterocycles. The molecule has 2 heterocycles. The van der Waals surface area contributed by atoms with Crippen LogP contribution in [-0.2, 0) is 19.6 Å². The fourth-order valence-electron chi connectivity index (χ4n) is 2.58. The number of guanidine groups is 1. The highest BCUT2D eigenvalue weighted by Gasteiger charge is 2.03. The van der Waals surface area contributed by atoms with Gasteiger partial charge in [-0.05, 0) is 35.1 Å². The summed E-state index contributed by atoms with van der Waals surface area (Å²) in [6.07, 6.45) is 5.61. The van der Waals surface area contributed by atoms with Gasteiger partial charge in [-0.15, -0.1) is 35.3 Å². The quantitative estimate of drug-likeness (QED) is 0.320. The number of nitrogens with one attached hydrogen (secondary N) is 2. The highest BCUT2D eigenvalue weighted by molar-refractivity contribution is 14.0. The van der Waals surface area contributed by atoms with E-state index in [1.807, 2.05) is 12.5 Å². The Balaban J connectivity index is 0.00000243. The highest BCUT2D eigenvalue weighted by atomic mass is 127. The number of thiophene rings is 1. The number of benzene rings is 1.